The van der Waals surface area contributed by atoms with Crippen molar-refractivity contribution in [3.8, 4) is 0 Å². The Morgan fingerprint density at radius 2 is 2.13 bits per heavy atom. The summed E-state index contributed by atoms with van der Waals surface area (Å²) in [7, 11) is 1.38. The predicted molar refractivity (Wildman–Crippen MR) is 78.3 cm³/mol. The molecule has 23 heavy (non-hydrogen) atoms. The van der Waals surface area contributed by atoms with Crippen LogP contribution in [0.15, 0.2) is 30.0 Å². The first kappa shape index (κ1) is 16.1. The molecule has 1 aromatic rings. The number of hydrogen-bond acceptors (Lipinski definition) is 7. The Hall–Kier alpha value is -1.80. The van der Waals surface area contributed by atoms with E-state index in [1.807, 2.05) is 0 Å². The summed E-state index contributed by atoms with van der Waals surface area (Å²) in [6.07, 6.45) is 0.143. The predicted octanol–water partition coefficient (Wildman–Crippen LogP) is 1.68. The van der Waals surface area contributed by atoms with Crippen LogP contribution in [0.5, 0.6) is 0 Å². The van der Waals surface area contributed by atoms with Crippen molar-refractivity contribution in [3.05, 3.63) is 45.6 Å². The molecule has 0 amide bonds. The summed E-state index contributed by atoms with van der Waals surface area (Å²) in [4.78, 5) is 32.9. The third-order valence-electron chi connectivity index (χ3n) is 3.45. The number of hydrogen-bond donors (Lipinski definition) is 1. The van der Waals surface area contributed by atoms with Gasteiger partial charge >= 0.3 is 11.9 Å². The van der Waals surface area contributed by atoms with Crippen LogP contribution in [0.4, 0.5) is 0 Å². The molecular weight excluding hydrogens is 349 g/mol. The van der Waals surface area contributed by atoms with Crippen molar-refractivity contribution >= 4 is 35.1 Å². The number of benzene rings is 1. The van der Waals surface area contributed by atoms with Crippen LogP contribution in [0.1, 0.15) is 5.56 Å². The van der Waals surface area contributed by atoms with E-state index in [0.29, 0.717) is 10.6 Å². The summed E-state index contributed by atoms with van der Waals surface area (Å²) in [5.41, 5.74) is -1.18. The highest BCUT2D eigenvalue weighted by Crippen LogP contribution is 2.41. The smallest absolute Gasteiger partial charge is 0.356 e. The molecule has 7 nitrogen and oxygen atoms in total. The molecule has 0 saturated carbocycles. The molecule has 3 rings (SSSR count). The molecule has 0 aliphatic carbocycles. The van der Waals surface area contributed by atoms with Gasteiger partial charge in [0.15, 0.2) is 0 Å². The van der Waals surface area contributed by atoms with Gasteiger partial charge in [0.1, 0.15) is 12.3 Å². The molecule has 1 saturated heterocycles. The molecule has 2 aliphatic rings. The number of ether oxygens (including phenoxy) is 2. The second-order valence-corrected chi connectivity index (χ2v) is 5.66. The summed E-state index contributed by atoms with van der Waals surface area (Å²) in [6, 6.07) is 4.66. The third-order valence-corrected chi connectivity index (χ3v) is 4.00. The Labute approximate surface area is 141 Å². The molecule has 9 heteroatoms. The van der Waals surface area contributed by atoms with Crippen LogP contribution in [0, 0.1) is 0 Å². The third kappa shape index (κ3) is 2.76. The van der Waals surface area contributed by atoms with E-state index < -0.39 is 23.8 Å². The zero-order valence-corrected chi connectivity index (χ0v) is 13.3. The molecule has 122 valence electrons. The number of cyclic esters (lactones) is 1. The molecule has 0 radical (unpaired) electrons. The summed E-state index contributed by atoms with van der Waals surface area (Å²) in [5.74, 6) is -1.04. The molecule has 1 N–H and O–H groups in total. The highest BCUT2D eigenvalue weighted by Gasteiger charge is 2.54. The van der Waals surface area contributed by atoms with Crippen molar-refractivity contribution < 1.29 is 28.8 Å². The number of halogens is 2. The molecule has 0 bridgehead atoms. The maximum atomic E-state index is 11.6. The van der Waals surface area contributed by atoms with Crippen molar-refractivity contribution in [3.63, 3.8) is 0 Å². The van der Waals surface area contributed by atoms with Crippen LogP contribution in [-0.2, 0) is 34.6 Å². The van der Waals surface area contributed by atoms with Crippen molar-refractivity contribution in [2.45, 2.75) is 11.8 Å². The van der Waals surface area contributed by atoms with Gasteiger partial charge in [-0.25, -0.2) is 9.59 Å². The van der Waals surface area contributed by atoms with E-state index in [9.17, 15) is 9.59 Å². The summed E-state index contributed by atoms with van der Waals surface area (Å²) >= 11 is 12.2. The number of carbonyl (C=O) groups excluding carboxylic acids is 2. The summed E-state index contributed by atoms with van der Waals surface area (Å²) < 4.78 is 10.4. The molecule has 1 aromatic carbocycles. The van der Waals surface area contributed by atoms with Crippen molar-refractivity contribution in [1.29, 1.82) is 0 Å². The first-order valence-electron chi connectivity index (χ1n) is 6.51. The Morgan fingerprint density at radius 3 is 2.74 bits per heavy atom. The fourth-order valence-electron chi connectivity index (χ4n) is 2.43. The number of methoxy groups -OCH3 is 1. The lowest BCUT2D eigenvalue weighted by Crippen LogP contribution is -2.59. The van der Waals surface area contributed by atoms with E-state index in [1.165, 1.54) is 19.3 Å². The molecule has 2 atom stereocenters. The standard InChI is InChI=1S/C14H11Cl2NO6/c1-20-10-5-11(18)21-13(10)14(17-6-12(19)22-23-14)8-3-2-7(15)4-9(8)16/h2-5,13,17H,6H2,1H3. The Bertz CT molecular complexity index is 695. The van der Waals surface area contributed by atoms with Crippen LogP contribution in [-0.4, -0.2) is 31.7 Å². The van der Waals surface area contributed by atoms with Crippen LogP contribution in [0.3, 0.4) is 0 Å². The zero-order valence-electron chi connectivity index (χ0n) is 11.8. The minimum Gasteiger partial charge on any atom is -0.497 e. The highest BCUT2D eigenvalue weighted by molar-refractivity contribution is 6.35. The van der Waals surface area contributed by atoms with E-state index >= 15 is 0 Å². The van der Waals surface area contributed by atoms with Gasteiger partial charge in [-0.05, 0) is 12.1 Å². The van der Waals surface area contributed by atoms with Gasteiger partial charge in [-0.2, -0.15) is 4.89 Å². The number of esters is 1. The van der Waals surface area contributed by atoms with E-state index in [1.54, 1.807) is 12.1 Å². The van der Waals surface area contributed by atoms with Gasteiger partial charge in [0.2, 0.25) is 11.8 Å². The van der Waals surface area contributed by atoms with Crippen molar-refractivity contribution in [2.75, 3.05) is 13.7 Å². The first-order chi connectivity index (χ1) is 11.0. The largest absolute Gasteiger partial charge is 0.497 e. The number of rotatable bonds is 3. The molecule has 2 unspecified atom stereocenters. The van der Waals surface area contributed by atoms with Crippen LogP contribution in [0.25, 0.3) is 0 Å². The van der Waals surface area contributed by atoms with Crippen LogP contribution >= 0.6 is 23.2 Å². The zero-order chi connectivity index (χ0) is 16.6. The second kappa shape index (κ2) is 6.01. The van der Waals surface area contributed by atoms with Gasteiger partial charge in [0.25, 0.3) is 0 Å². The molecule has 1 fully saturated rings. The van der Waals surface area contributed by atoms with Gasteiger partial charge < -0.3 is 9.47 Å². The molecule has 0 spiro atoms. The lowest BCUT2D eigenvalue weighted by atomic mass is 9.95. The Kier molecular flexibility index (Phi) is 4.20. The number of nitrogens with one attached hydrogen (secondary N) is 1. The van der Waals surface area contributed by atoms with E-state index in [4.69, 9.17) is 42.5 Å². The minimum absolute atomic E-state index is 0.177. The average Bonchev–Trinajstić information content (AvgIpc) is 2.90. The maximum absolute atomic E-state index is 11.6. The van der Waals surface area contributed by atoms with E-state index in [0.717, 1.165) is 0 Å². The molecule has 0 aromatic heterocycles. The van der Waals surface area contributed by atoms with Gasteiger partial charge in [-0.3, -0.25) is 10.2 Å². The quantitative estimate of drug-likeness (QED) is 0.649. The molecular formula is C14H11Cl2NO6. The lowest BCUT2D eigenvalue weighted by Gasteiger charge is -2.39. The minimum atomic E-state index is -1.55. The highest BCUT2D eigenvalue weighted by atomic mass is 35.5. The van der Waals surface area contributed by atoms with E-state index in [2.05, 4.69) is 5.32 Å². The average molecular weight is 360 g/mol. The molecule has 2 aliphatic heterocycles. The Balaban J connectivity index is 2.10. The first-order valence-corrected chi connectivity index (χ1v) is 7.27. The lowest BCUT2D eigenvalue weighted by molar-refractivity contribution is -0.378. The fraction of sp³-hybridized carbons (Fsp3) is 0.286. The van der Waals surface area contributed by atoms with Gasteiger partial charge in [-0.1, -0.05) is 29.3 Å². The van der Waals surface area contributed by atoms with Gasteiger partial charge in [0, 0.05) is 15.6 Å². The fourth-order valence-corrected chi connectivity index (χ4v) is 2.98. The topological polar surface area (TPSA) is 83.1 Å². The number of carbonyl (C=O) groups is 2. The van der Waals surface area contributed by atoms with Crippen LogP contribution in [0.2, 0.25) is 10.0 Å². The maximum Gasteiger partial charge on any atom is 0.356 e. The van der Waals surface area contributed by atoms with Crippen molar-refractivity contribution in [2.24, 2.45) is 0 Å². The summed E-state index contributed by atoms with van der Waals surface area (Å²) in [6.45, 7) is -0.177. The van der Waals surface area contributed by atoms with Gasteiger partial charge in [-0.15, -0.1) is 0 Å². The van der Waals surface area contributed by atoms with Crippen LogP contribution < -0.4 is 5.32 Å². The second-order valence-electron chi connectivity index (χ2n) is 4.82. The molecule has 2 heterocycles. The monoisotopic (exact) mass is 359 g/mol. The van der Waals surface area contributed by atoms with E-state index in [-0.39, 0.29) is 17.3 Å². The SMILES string of the molecule is COC1=CC(=O)OC1C1(c2ccc(Cl)cc2Cl)NCC(=O)OO1. The van der Waals surface area contributed by atoms with Crippen molar-refractivity contribution in [1.82, 2.24) is 5.32 Å². The summed E-state index contributed by atoms with van der Waals surface area (Å²) in [5, 5.41) is 3.51. The Morgan fingerprint density at radius 1 is 1.35 bits per heavy atom. The van der Waals surface area contributed by atoms with Gasteiger partial charge in [0.05, 0.1) is 13.2 Å². The normalized spacial score (nSPS) is 27.3.